The molecule has 0 heterocycles. The summed E-state index contributed by atoms with van der Waals surface area (Å²) in [6, 6.07) is 6.87. The molecule has 1 aromatic carbocycles. The fourth-order valence-electron chi connectivity index (χ4n) is 2.47. The minimum Gasteiger partial charge on any atom is -0.492 e. The van der Waals surface area contributed by atoms with Crippen molar-refractivity contribution in [1.82, 2.24) is 0 Å². The van der Waals surface area contributed by atoms with Gasteiger partial charge in [-0.15, -0.1) is 0 Å². The molecule has 0 amide bonds. The second-order valence-corrected chi connectivity index (χ2v) is 5.45. The van der Waals surface area contributed by atoms with Crippen LogP contribution in [-0.4, -0.2) is 19.2 Å². The first-order valence-electron chi connectivity index (χ1n) is 7.07. The van der Waals surface area contributed by atoms with Crippen LogP contribution in [0.3, 0.4) is 0 Å². The standard InChI is InChI=1S/C15H22N2O/c1-2-18-14-5-3-4-13(15(14)16)17(12-8-9-12)10-11-6-7-11/h3-5,11-12H,2,6-10,16H2,1H3. The molecule has 0 unspecified atom stereocenters. The number of para-hydroxylation sites is 1. The second-order valence-electron chi connectivity index (χ2n) is 5.45. The molecule has 0 aromatic heterocycles. The van der Waals surface area contributed by atoms with Crippen LogP contribution in [0.5, 0.6) is 5.75 Å². The maximum atomic E-state index is 6.27. The molecule has 0 atom stereocenters. The van der Waals surface area contributed by atoms with Crippen molar-refractivity contribution in [2.45, 2.75) is 38.6 Å². The molecule has 2 saturated carbocycles. The summed E-state index contributed by atoms with van der Waals surface area (Å²) in [7, 11) is 0. The van der Waals surface area contributed by atoms with E-state index in [1.165, 1.54) is 37.9 Å². The summed E-state index contributed by atoms with van der Waals surface area (Å²) in [4.78, 5) is 2.51. The van der Waals surface area contributed by atoms with Gasteiger partial charge in [-0.1, -0.05) is 6.07 Å². The average molecular weight is 246 g/mol. The number of benzene rings is 1. The van der Waals surface area contributed by atoms with Gasteiger partial charge in [0.1, 0.15) is 5.75 Å². The minimum absolute atomic E-state index is 0.666. The molecule has 98 valence electrons. The van der Waals surface area contributed by atoms with E-state index in [4.69, 9.17) is 10.5 Å². The number of nitrogen functional groups attached to an aromatic ring is 1. The highest BCUT2D eigenvalue weighted by Gasteiger charge is 2.34. The lowest BCUT2D eigenvalue weighted by molar-refractivity contribution is 0.342. The van der Waals surface area contributed by atoms with Gasteiger partial charge in [0.05, 0.1) is 18.0 Å². The fraction of sp³-hybridized carbons (Fsp3) is 0.600. The van der Waals surface area contributed by atoms with E-state index < -0.39 is 0 Å². The van der Waals surface area contributed by atoms with Crippen LogP contribution in [0.4, 0.5) is 11.4 Å². The van der Waals surface area contributed by atoms with Crippen molar-refractivity contribution >= 4 is 11.4 Å². The van der Waals surface area contributed by atoms with Gasteiger partial charge in [0.15, 0.2) is 0 Å². The molecule has 0 spiro atoms. The quantitative estimate of drug-likeness (QED) is 0.784. The van der Waals surface area contributed by atoms with Crippen molar-refractivity contribution in [3.63, 3.8) is 0 Å². The molecule has 2 aliphatic rings. The Balaban J connectivity index is 1.85. The van der Waals surface area contributed by atoms with Crippen LogP contribution in [0.2, 0.25) is 0 Å². The Hall–Kier alpha value is -1.38. The smallest absolute Gasteiger partial charge is 0.144 e. The SMILES string of the molecule is CCOc1cccc(N(CC2CC2)C2CC2)c1N. The summed E-state index contributed by atoms with van der Waals surface area (Å²) in [6.07, 6.45) is 5.39. The Morgan fingerprint density at radius 2 is 2.06 bits per heavy atom. The highest BCUT2D eigenvalue weighted by Crippen LogP contribution is 2.41. The van der Waals surface area contributed by atoms with Crippen molar-refractivity contribution in [2.75, 3.05) is 23.8 Å². The highest BCUT2D eigenvalue weighted by molar-refractivity contribution is 5.74. The molecule has 2 aliphatic carbocycles. The summed E-state index contributed by atoms with van der Waals surface area (Å²) in [6.45, 7) is 3.83. The van der Waals surface area contributed by atoms with Crippen LogP contribution in [0.15, 0.2) is 18.2 Å². The van der Waals surface area contributed by atoms with Crippen LogP contribution in [0.1, 0.15) is 32.6 Å². The lowest BCUT2D eigenvalue weighted by atomic mass is 10.2. The maximum absolute atomic E-state index is 6.27. The third kappa shape index (κ3) is 2.40. The first kappa shape index (κ1) is 11.7. The zero-order valence-electron chi connectivity index (χ0n) is 11.1. The van der Waals surface area contributed by atoms with Crippen molar-refractivity contribution in [3.8, 4) is 5.75 Å². The number of nitrogens with two attached hydrogens (primary N) is 1. The largest absolute Gasteiger partial charge is 0.492 e. The van der Waals surface area contributed by atoms with Crippen LogP contribution in [0.25, 0.3) is 0 Å². The molecule has 3 heteroatoms. The van der Waals surface area contributed by atoms with Crippen molar-refractivity contribution in [3.05, 3.63) is 18.2 Å². The van der Waals surface area contributed by atoms with Gasteiger partial charge < -0.3 is 15.4 Å². The number of hydrogen-bond donors (Lipinski definition) is 1. The minimum atomic E-state index is 0.666. The first-order chi connectivity index (χ1) is 8.79. The molecule has 0 aliphatic heterocycles. The normalized spacial score (nSPS) is 18.7. The van der Waals surface area contributed by atoms with Crippen LogP contribution in [0, 0.1) is 5.92 Å². The molecule has 3 rings (SSSR count). The molecular weight excluding hydrogens is 224 g/mol. The number of nitrogens with zero attached hydrogens (tertiary/aromatic N) is 1. The summed E-state index contributed by atoms with van der Waals surface area (Å²) in [5.41, 5.74) is 8.25. The molecule has 2 N–H and O–H groups in total. The summed E-state index contributed by atoms with van der Waals surface area (Å²) in [5, 5.41) is 0. The van der Waals surface area contributed by atoms with Gasteiger partial charge in [-0.05, 0) is 50.7 Å². The Labute approximate surface area is 109 Å². The van der Waals surface area contributed by atoms with Gasteiger partial charge in [0.2, 0.25) is 0 Å². The van der Waals surface area contributed by atoms with Gasteiger partial charge in [-0.25, -0.2) is 0 Å². The third-order valence-corrected chi connectivity index (χ3v) is 3.79. The van der Waals surface area contributed by atoms with Gasteiger partial charge in [0.25, 0.3) is 0 Å². The Morgan fingerprint density at radius 1 is 1.28 bits per heavy atom. The molecule has 3 nitrogen and oxygen atoms in total. The zero-order chi connectivity index (χ0) is 12.5. The highest BCUT2D eigenvalue weighted by atomic mass is 16.5. The van der Waals surface area contributed by atoms with E-state index in [0.29, 0.717) is 12.6 Å². The number of rotatable bonds is 6. The lowest BCUT2D eigenvalue weighted by Gasteiger charge is -2.27. The predicted molar refractivity (Wildman–Crippen MR) is 75.1 cm³/mol. The van der Waals surface area contributed by atoms with E-state index >= 15 is 0 Å². The van der Waals surface area contributed by atoms with Gasteiger partial charge in [-0.3, -0.25) is 0 Å². The molecule has 0 saturated heterocycles. The van der Waals surface area contributed by atoms with Crippen LogP contribution in [-0.2, 0) is 0 Å². The second kappa shape index (κ2) is 4.71. The summed E-state index contributed by atoms with van der Waals surface area (Å²) in [5.74, 6) is 1.72. The summed E-state index contributed by atoms with van der Waals surface area (Å²) >= 11 is 0. The molecule has 2 fully saturated rings. The summed E-state index contributed by atoms with van der Waals surface area (Å²) < 4.78 is 5.60. The molecular formula is C15H22N2O. The topological polar surface area (TPSA) is 38.5 Å². The fourth-order valence-corrected chi connectivity index (χ4v) is 2.47. The van der Waals surface area contributed by atoms with Crippen molar-refractivity contribution in [1.29, 1.82) is 0 Å². The Bertz CT molecular complexity index is 425. The lowest BCUT2D eigenvalue weighted by Crippen LogP contribution is -2.28. The third-order valence-electron chi connectivity index (χ3n) is 3.79. The predicted octanol–water partition coefficient (Wildman–Crippen LogP) is 3.05. The number of anilines is 2. The zero-order valence-corrected chi connectivity index (χ0v) is 11.1. The van der Waals surface area contributed by atoms with E-state index in [-0.39, 0.29) is 0 Å². The first-order valence-corrected chi connectivity index (χ1v) is 7.07. The van der Waals surface area contributed by atoms with Crippen LogP contribution < -0.4 is 15.4 Å². The molecule has 1 aromatic rings. The van der Waals surface area contributed by atoms with E-state index in [2.05, 4.69) is 17.0 Å². The number of ether oxygens (including phenoxy) is 1. The molecule has 0 radical (unpaired) electrons. The van der Waals surface area contributed by atoms with E-state index in [1.54, 1.807) is 0 Å². The van der Waals surface area contributed by atoms with E-state index in [0.717, 1.165) is 17.4 Å². The van der Waals surface area contributed by atoms with Crippen molar-refractivity contribution < 1.29 is 4.74 Å². The maximum Gasteiger partial charge on any atom is 0.144 e. The van der Waals surface area contributed by atoms with E-state index in [1.807, 2.05) is 13.0 Å². The number of hydrogen-bond acceptors (Lipinski definition) is 3. The monoisotopic (exact) mass is 246 g/mol. The average Bonchev–Trinajstić information content (AvgIpc) is 3.24. The Morgan fingerprint density at radius 3 is 2.67 bits per heavy atom. The van der Waals surface area contributed by atoms with Gasteiger partial charge in [-0.2, -0.15) is 0 Å². The molecule has 18 heavy (non-hydrogen) atoms. The van der Waals surface area contributed by atoms with Gasteiger partial charge >= 0.3 is 0 Å². The van der Waals surface area contributed by atoms with Crippen molar-refractivity contribution in [2.24, 2.45) is 5.92 Å². The van der Waals surface area contributed by atoms with Gasteiger partial charge in [0, 0.05) is 12.6 Å². The van der Waals surface area contributed by atoms with E-state index in [9.17, 15) is 0 Å². The Kier molecular flexibility index (Phi) is 3.06. The molecule has 0 bridgehead atoms. The van der Waals surface area contributed by atoms with Crippen LogP contribution >= 0.6 is 0 Å².